The fraction of sp³-hybridized carbons (Fsp3) is 0.333. The number of carbonyl (C=O) groups is 1. The molecule has 0 atom stereocenters. The van der Waals surface area contributed by atoms with Crippen LogP contribution in [0.25, 0.3) is 10.2 Å². The summed E-state index contributed by atoms with van der Waals surface area (Å²) in [6.07, 6.45) is 6.51. The van der Waals surface area contributed by atoms with Crippen molar-refractivity contribution in [2.75, 3.05) is 7.05 Å². The largest absolute Gasteiger partial charge is 0.312 e. The van der Waals surface area contributed by atoms with E-state index in [-0.39, 0.29) is 22.2 Å². The maximum Gasteiger partial charge on any atom is 0.279 e. The van der Waals surface area contributed by atoms with Crippen LogP contribution in [0.4, 0.5) is 5.69 Å². The highest BCUT2D eigenvalue weighted by Gasteiger charge is 2.29. The van der Waals surface area contributed by atoms with E-state index in [4.69, 9.17) is 0 Å². The lowest BCUT2D eigenvalue weighted by Gasteiger charge is -2.30. The second kappa shape index (κ2) is 10.2. The first-order chi connectivity index (χ1) is 16.7. The van der Waals surface area contributed by atoms with Gasteiger partial charge in [-0.15, -0.1) is 6.58 Å². The van der Waals surface area contributed by atoms with E-state index in [0.29, 0.717) is 16.9 Å². The van der Waals surface area contributed by atoms with Gasteiger partial charge >= 0.3 is 0 Å². The molecule has 3 aromatic rings. The summed E-state index contributed by atoms with van der Waals surface area (Å²) in [5.74, 6) is -0.534. The van der Waals surface area contributed by atoms with Gasteiger partial charge in [0.05, 0.1) is 20.0 Å². The van der Waals surface area contributed by atoms with Gasteiger partial charge in [-0.05, 0) is 43.2 Å². The predicted molar refractivity (Wildman–Crippen MR) is 135 cm³/mol. The number of carbonyl (C=O) groups excluding carboxylic acids is 1. The Morgan fingerprint density at radius 1 is 1.23 bits per heavy atom. The standard InChI is InChI=1S/C24H26N4O5S2/c1-3-15-27-21-16-19(28(30)31)11-14-22(21)34-24(27)25-23(29)17-9-12-20(13-10-17)35(32,33)26(2)18-7-5-4-6-8-18/h3,9-14,16,18H,1,4-8,15H2,2H3. The normalized spacial score (nSPS) is 15.5. The minimum absolute atomic E-state index is 0.00542. The number of non-ortho nitro benzene ring substituents is 1. The van der Waals surface area contributed by atoms with Crippen molar-refractivity contribution in [3.05, 3.63) is 75.6 Å². The molecule has 1 fully saturated rings. The molecule has 0 radical (unpaired) electrons. The molecule has 11 heteroatoms. The third-order valence-corrected chi connectivity index (χ3v) is 9.24. The quantitative estimate of drug-likeness (QED) is 0.262. The molecule has 1 saturated carbocycles. The first-order valence-electron chi connectivity index (χ1n) is 11.3. The summed E-state index contributed by atoms with van der Waals surface area (Å²) in [7, 11) is -2.04. The maximum absolute atomic E-state index is 13.1. The molecule has 1 aliphatic carbocycles. The third-order valence-electron chi connectivity index (χ3n) is 6.25. The van der Waals surface area contributed by atoms with E-state index in [1.165, 1.54) is 52.0 Å². The molecule has 1 heterocycles. The molecular formula is C24H26N4O5S2. The van der Waals surface area contributed by atoms with Gasteiger partial charge in [-0.25, -0.2) is 8.42 Å². The SMILES string of the molecule is C=CCn1c(=NC(=O)c2ccc(S(=O)(=O)N(C)C3CCCCC3)cc2)sc2ccc([N+](=O)[O-])cc21. The van der Waals surface area contributed by atoms with Crippen LogP contribution >= 0.6 is 11.3 Å². The van der Waals surface area contributed by atoms with Gasteiger partial charge in [-0.3, -0.25) is 14.9 Å². The molecule has 0 aliphatic heterocycles. The van der Waals surface area contributed by atoms with Crippen LogP contribution in [0.2, 0.25) is 0 Å². The molecular weight excluding hydrogens is 488 g/mol. The van der Waals surface area contributed by atoms with Crippen molar-refractivity contribution in [2.45, 2.75) is 49.6 Å². The fourth-order valence-corrected chi connectivity index (χ4v) is 6.72. The number of amides is 1. The summed E-state index contributed by atoms with van der Waals surface area (Å²) in [5.41, 5.74) is 0.779. The van der Waals surface area contributed by atoms with Gasteiger partial charge < -0.3 is 4.57 Å². The molecule has 9 nitrogen and oxygen atoms in total. The summed E-state index contributed by atoms with van der Waals surface area (Å²) in [6, 6.07) is 10.3. The Kier molecular flexibility index (Phi) is 7.29. The van der Waals surface area contributed by atoms with Gasteiger partial charge in [-0.2, -0.15) is 9.30 Å². The van der Waals surface area contributed by atoms with Crippen LogP contribution in [0, 0.1) is 10.1 Å². The summed E-state index contributed by atoms with van der Waals surface area (Å²) in [6.45, 7) is 4.04. The number of nitrogens with zero attached hydrogens (tertiary/aromatic N) is 4. The monoisotopic (exact) mass is 514 g/mol. The van der Waals surface area contributed by atoms with E-state index in [9.17, 15) is 23.3 Å². The highest BCUT2D eigenvalue weighted by Crippen LogP contribution is 2.27. The van der Waals surface area contributed by atoms with E-state index in [2.05, 4.69) is 11.6 Å². The predicted octanol–water partition coefficient (Wildman–Crippen LogP) is 4.49. The van der Waals surface area contributed by atoms with Crippen molar-refractivity contribution in [3.8, 4) is 0 Å². The highest BCUT2D eigenvalue weighted by molar-refractivity contribution is 7.89. The zero-order chi connectivity index (χ0) is 25.2. The number of nitro benzene ring substituents is 1. The zero-order valence-electron chi connectivity index (χ0n) is 19.3. The van der Waals surface area contributed by atoms with Gasteiger partial charge in [0, 0.05) is 37.3 Å². The van der Waals surface area contributed by atoms with Crippen molar-refractivity contribution < 1.29 is 18.1 Å². The summed E-state index contributed by atoms with van der Waals surface area (Å²) in [5, 5.41) is 11.2. The smallest absolute Gasteiger partial charge is 0.279 e. The lowest BCUT2D eigenvalue weighted by molar-refractivity contribution is -0.384. The van der Waals surface area contributed by atoms with E-state index >= 15 is 0 Å². The Hall–Kier alpha value is -3.15. The Bertz CT molecular complexity index is 1450. The first-order valence-corrected chi connectivity index (χ1v) is 13.5. The van der Waals surface area contributed by atoms with Crippen LogP contribution in [-0.4, -0.2) is 41.2 Å². The van der Waals surface area contributed by atoms with Crippen LogP contribution in [0.15, 0.2) is 65.0 Å². The first kappa shape index (κ1) is 25.0. The molecule has 0 N–H and O–H groups in total. The van der Waals surface area contributed by atoms with E-state index in [1.54, 1.807) is 23.8 Å². The molecule has 1 aliphatic rings. The van der Waals surface area contributed by atoms with Gasteiger partial charge in [0.25, 0.3) is 11.6 Å². The van der Waals surface area contributed by atoms with E-state index in [0.717, 1.165) is 36.8 Å². The molecule has 0 unspecified atom stereocenters. The van der Waals surface area contributed by atoms with Crippen molar-refractivity contribution in [1.82, 2.24) is 8.87 Å². The summed E-state index contributed by atoms with van der Waals surface area (Å²) < 4.78 is 30.0. The van der Waals surface area contributed by atoms with Crippen LogP contribution < -0.4 is 4.80 Å². The second-order valence-corrected chi connectivity index (χ2v) is 11.5. The van der Waals surface area contributed by atoms with E-state index in [1.807, 2.05) is 0 Å². The molecule has 1 aromatic heterocycles. The molecule has 0 spiro atoms. The summed E-state index contributed by atoms with van der Waals surface area (Å²) >= 11 is 1.24. The molecule has 1 amide bonds. The van der Waals surface area contributed by atoms with Crippen molar-refractivity contribution >= 4 is 43.2 Å². The van der Waals surface area contributed by atoms with Gasteiger partial charge in [0.2, 0.25) is 10.0 Å². The number of aromatic nitrogens is 1. The molecule has 35 heavy (non-hydrogen) atoms. The topological polar surface area (TPSA) is 115 Å². The highest BCUT2D eigenvalue weighted by atomic mass is 32.2. The van der Waals surface area contributed by atoms with Crippen molar-refractivity contribution in [3.63, 3.8) is 0 Å². The number of benzene rings is 2. The van der Waals surface area contributed by atoms with Crippen LogP contribution in [0.3, 0.4) is 0 Å². The maximum atomic E-state index is 13.1. The molecule has 4 rings (SSSR count). The number of fused-ring (bicyclic) bond motifs is 1. The Balaban J connectivity index is 1.64. The van der Waals surface area contributed by atoms with Crippen LogP contribution in [0.1, 0.15) is 42.5 Å². The average molecular weight is 515 g/mol. The van der Waals surface area contributed by atoms with Crippen molar-refractivity contribution in [2.24, 2.45) is 4.99 Å². The Morgan fingerprint density at radius 3 is 2.54 bits per heavy atom. The summed E-state index contributed by atoms with van der Waals surface area (Å²) in [4.78, 5) is 28.3. The Morgan fingerprint density at radius 2 is 1.91 bits per heavy atom. The molecule has 0 bridgehead atoms. The van der Waals surface area contributed by atoms with E-state index < -0.39 is 20.9 Å². The number of hydrogen-bond acceptors (Lipinski definition) is 6. The van der Waals surface area contributed by atoms with Crippen molar-refractivity contribution in [1.29, 1.82) is 0 Å². The Labute approximate surface area is 207 Å². The van der Waals surface area contributed by atoms with Crippen LogP contribution in [-0.2, 0) is 16.6 Å². The number of rotatable bonds is 7. The number of allylic oxidation sites excluding steroid dienone is 1. The fourth-order valence-electron chi connectivity index (χ4n) is 4.29. The lowest BCUT2D eigenvalue weighted by Crippen LogP contribution is -2.38. The molecule has 2 aromatic carbocycles. The third kappa shape index (κ3) is 5.12. The lowest BCUT2D eigenvalue weighted by atomic mass is 9.96. The van der Waals surface area contributed by atoms with Crippen LogP contribution in [0.5, 0.6) is 0 Å². The average Bonchev–Trinajstić information content (AvgIpc) is 3.20. The second-order valence-electron chi connectivity index (χ2n) is 8.45. The van der Waals surface area contributed by atoms with Gasteiger partial charge in [-0.1, -0.05) is 36.7 Å². The van der Waals surface area contributed by atoms with Gasteiger partial charge in [0.1, 0.15) is 0 Å². The zero-order valence-corrected chi connectivity index (χ0v) is 20.9. The minimum atomic E-state index is -3.66. The number of hydrogen-bond donors (Lipinski definition) is 0. The number of sulfonamides is 1. The number of thiazole rings is 1. The number of nitro groups is 1. The minimum Gasteiger partial charge on any atom is -0.312 e. The molecule has 0 saturated heterocycles. The van der Waals surface area contributed by atoms with Gasteiger partial charge in [0.15, 0.2) is 4.80 Å². The molecule has 184 valence electrons.